The van der Waals surface area contributed by atoms with Crippen molar-refractivity contribution in [3.05, 3.63) is 28.8 Å². The molecule has 122 valence electrons. The molecular weight excluding hydrogens is 292 g/mol. The van der Waals surface area contributed by atoms with Gasteiger partial charge in [0.25, 0.3) is 6.43 Å². The molecule has 22 heavy (non-hydrogen) atoms. The third-order valence-electron chi connectivity index (χ3n) is 4.18. The zero-order chi connectivity index (χ0) is 16.4. The van der Waals surface area contributed by atoms with Gasteiger partial charge < -0.3 is 15.7 Å². The number of hydrogen-bond acceptors (Lipinski definition) is 3. The van der Waals surface area contributed by atoms with E-state index in [1.807, 2.05) is 13.8 Å². The summed E-state index contributed by atoms with van der Waals surface area (Å²) in [4.78, 5) is 14.5. The van der Waals surface area contributed by atoms with Crippen LogP contribution >= 0.6 is 0 Å². The molecule has 5 nitrogen and oxygen atoms in total. The molecule has 3 N–H and O–H groups in total. The topological polar surface area (TPSA) is 69.8 Å². The second-order valence-electron chi connectivity index (χ2n) is 5.76. The van der Waals surface area contributed by atoms with Crippen LogP contribution in [0.15, 0.2) is 12.1 Å². The van der Waals surface area contributed by atoms with Gasteiger partial charge in [-0.25, -0.2) is 13.6 Å². The Kier molecular flexibility index (Phi) is 4.85. The maximum absolute atomic E-state index is 12.9. The summed E-state index contributed by atoms with van der Waals surface area (Å²) in [5, 5.41) is 9.07. The monoisotopic (exact) mass is 313 g/mol. The quantitative estimate of drug-likeness (QED) is 0.842. The molecule has 0 radical (unpaired) electrons. The van der Waals surface area contributed by atoms with Crippen molar-refractivity contribution in [1.29, 1.82) is 0 Å². The van der Waals surface area contributed by atoms with Crippen molar-refractivity contribution >= 4 is 11.8 Å². The Balaban J connectivity index is 2.13. The number of alkyl halides is 2. The zero-order valence-electron chi connectivity index (χ0n) is 12.7. The van der Waals surface area contributed by atoms with E-state index in [0.29, 0.717) is 31.9 Å². The first-order valence-electron chi connectivity index (χ1n) is 7.18. The van der Waals surface area contributed by atoms with Gasteiger partial charge in [-0.1, -0.05) is 0 Å². The average Bonchev–Trinajstić information content (AvgIpc) is 2.43. The van der Waals surface area contributed by atoms with E-state index in [0.717, 1.165) is 11.1 Å². The Morgan fingerprint density at radius 1 is 1.45 bits per heavy atom. The molecule has 1 aliphatic rings. The summed E-state index contributed by atoms with van der Waals surface area (Å²) < 4.78 is 25.8. The summed E-state index contributed by atoms with van der Waals surface area (Å²) in [6, 6.07) is 2.68. The Bertz CT molecular complexity index is 566. The molecule has 2 rings (SSSR count). The molecule has 1 amide bonds. The number of nitrogens with zero attached hydrogens (tertiary/aromatic N) is 2. The van der Waals surface area contributed by atoms with Crippen LogP contribution in [-0.4, -0.2) is 46.7 Å². The van der Waals surface area contributed by atoms with Gasteiger partial charge in [-0.2, -0.15) is 0 Å². The van der Waals surface area contributed by atoms with E-state index in [2.05, 4.69) is 4.90 Å². The maximum atomic E-state index is 12.9. The van der Waals surface area contributed by atoms with Crippen LogP contribution in [0.25, 0.3) is 0 Å². The number of nitrogens with two attached hydrogens (primary N) is 1. The highest BCUT2D eigenvalue weighted by molar-refractivity contribution is 5.65. The first-order chi connectivity index (χ1) is 10.3. The third kappa shape index (κ3) is 3.47. The molecule has 1 saturated heterocycles. The van der Waals surface area contributed by atoms with E-state index in [4.69, 9.17) is 10.8 Å². The van der Waals surface area contributed by atoms with Gasteiger partial charge in [0.05, 0.1) is 0 Å². The number of carboxylic acid groups (broad SMARTS) is 1. The molecule has 0 unspecified atom stereocenters. The molecule has 1 heterocycles. The Hall–Kier alpha value is -1.89. The van der Waals surface area contributed by atoms with Crippen LogP contribution in [0.5, 0.6) is 0 Å². The van der Waals surface area contributed by atoms with Gasteiger partial charge >= 0.3 is 6.09 Å². The van der Waals surface area contributed by atoms with E-state index in [9.17, 15) is 13.6 Å². The fourth-order valence-corrected chi connectivity index (χ4v) is 2.82. The second kappa shape index (κ2) is 6.48. The molecule has 7 heteroatoms. The lowest BCUT2D eigenvalue weighted by Crippen LogP contribution is -2.53. The Morgan fingerprint density at radius 3 is 2.68 bits per heavy atom. The van der Waals surface area contributed by atoms with E-state index in [1.165, 1.54) is 17.0 Å². The Labute approximate surface area is 128 Å². The minimum atomic E-state index is -2.55. The van der Waals surface area contributed by atoms with Crippen molar-refractivity contribution in [2.24, 2.45) is 0 Å². The standard InChI is InChI=1S/C15H21F2N3O2/c1-9-7-19(3-4-20(9)15(21)22)8-12-5-11(14(16)17)6-13(18)10(12)2/h5-6,9,14H,3-4,7-8,18H2,1-2H3,(H,21,22)/t9-/m0/s1. The van der Waals surface area contributed by atoms with Crippen molar-refractivity contribution in [1.82, 2.24) is 9.80 Å². The van der Waals surface area contributed by atoms with Crippen molar-refractivity contribution in [2.75, 3.05) is 25.4 Å². The van der Waals surface area contributed by atoms with Crippen LogP contribution in [0, 0.1) is 6.92 Å². The SMILES string of the molecule is Cc1c(N)cc(C(F)F)cc1CN1CCN(C(=O)O)[C@@H](C)C1. The molecule has 0 bridgehead atoms. The van der Waals surface area contributed by atoms with Gasteiger partial charge in [0.2, 0.25) is 0 Å². The fourth-order valence-electron chi connectivity index (χ4n) is 2.82. The van der Waals surface area contributed by atoms with Gasteiger partial charge in [-0.3, -0.25) is 4.90 Å². The molecule has 0 aromatic heterocycles. The van der Waals surface area contributed by atoms with Crippen LogP contribution in [-0.2, 0) is 6.54 Å². The van der Waals surface area contributed by atoms with Crippen molar-refractivity contribution in [2.45, 2.75) is 32.9 Å². The lowest BCUT2D eigenvalue weighted by Gasteiger charge is -2.38. The molecule has 0 aliphatic carbocycles. The van der Waals surface area contributed by atoms with Crippen LogP contribution in [0.4, 0.5) is 19.3 Å². The van der Waals surface area contributed by atoms with Crippen molar-refractivity contribution in [3.63, 3.8) is 0 Å². The molecular formula is C15H21F2N3O2. The number of nitrogen functional groups attached to an aromatic ring is 1. The average molecular weight is 313 g/mol. The molecule has 1 aliphatic heterocycles. The number of benzene rings is 1. The number of anilines is 1. The number of piperazine rings is 1. The van der Waals surface area contributed by atoms with Gasteiger partial charge in [0.15, 0.2) is 0 Å². The zero-order valence-corrected chi connectivity index (χ0v) is 12.7. The van der Waals surface area contributed by atoms with Gasteiger partial charge in [0, 0.05) is 43.5 Å². The molecule has 0 spiro atoms. The van der Waals surface area contributed by atoms with Gasteiger partial charge in [-0.15, -0.1) is 0 Å². The minimum Gasteiger partial charge on any atom is -0.465 e. The number of rotatable bonds is 3. The first-order valence-corrected chi connectivity index (χ1v) is 7.18. The van der Waals surface area contributed by atoms with Crippen molar-refractivity contribution < 1.29 is 18.7 Å². The highest BCUT2D eigenvalue weighted by atomic mass is 19.3. The maximum Gasteiger partial charge on any atom is 0.407 e. The van der Waals surface area contributed by atoms with E-state index < -0.39 is 12.5 Å². The van der Waals surface area contributed by atoms with E-state index >= 15 is 0 Å². The van der Waals surface area contributed by atoms with Crippen LogP contribution in [0.1, 0.15) is 30.0 Å². The highest BCUT2D eigenvalue weighted by Gasteiger charge is 2.27. The predicted octanol–water partition coefficient (Wildman–Crippen LogP) is 2.70. The minimum absolute atomic E-state index is 0.0738. The lowest BCUT2D eigenvalue weighted by atomic mass is 10.0. The fraction of sp³-hybridized carbons (Fsp3) is 0.533. The molecule has 1 atom stereocenters. The number of carbonyl (C=O) groups is 1. The second-order valence-corrected chi connectivity index (χ2v) is 5.76. The number of amides is 1. The van der Waals surface area contributed by atoms with Gasteiger partial charge in [0.1, 0.15) is 0 Å². The molecule has 1 aromatic rings. The van der Waals surface area contributed by atoms with Crippen LogP contribution in [0.3, 0.4) is 0 Å². The van der Waals surface area contributed by atoms with E-state index in [-0.39, 0.29) is 11.6 Å². The third-order valence-corrected chi connectivity index (χ3v) is 4.18. The van der Waals surface area contributed by atoms with Crippen LogP contribution in [0.2, 0.25) is 0 Å². The summed E-state index contributed by atoms with van der Waals surface area (Å²) in [7, 11) is 0. The molecule has 1 fully saturated rings. The smallest absolute Gasteiger partial charge is 0.407 e. The normalized spacial score (nSPS) is 19.7. The van der Waals surface area contributed by atoms with Gasteiger partial charge in [-0.05, 0) is 37.1 Å². The summed E-state index contributed by atoms with van der Waals surface area (Å²) in [6.45, 7) is 5.72. The Morgan fingerprint density at radius 2 is 2.14 bits per heavy atom. The van der Waals surface area contributed by atoms with E-state index in [1.54, 1.807) is 0 Å². The molecule has 1 aromatic carbocycles. The predicted molar refractivity (Wildman–Crippen MR) is 80.0 cm³/mol. The number of hydrogen-bond donors (Lipinski definition) is 2. The summed E-state index contributed by atoms with van der Waals surface area (Å²) >= 11 is 0. The summed E-state index contributed by atoms with van der Waals surface area (Å²) in [5.41, 5.74) is 7.68. The van der Waals surface area contributed by atoms with Crippen LogP contribution < -0.4 is 5.73 Å². The lowest BCUT2D eigenvalue weighted by molar-refractivity contribution is 0.0709. The summed E-state index contributed by atoms with van der Waals surface area (Å²) in [5.74, 6) is 0. The highest BCUT2D eigenvalue weighted by Crippen LogP contribution is 2.27. The molecule has 0 saturated carbocycles. The summed E-state index contributed by atoms with van der Waals surface area (Å²) in [6.07, 6.45) is -3.48. The number of halogens is 2. The largest absolute Gasteiger partial charge is 0.465 e. The first kappa shape index (κ1) is 16.5. The van der Waals surface area contributed by atoms with Crippen molar-refractivity contribution in [3.8, 4) is 0 Å².